The van der Waals surface area contributed by atoms with E-state index in [9.17, 15) is 14.0 Å². The van der Waals surface area contributed by atoms with Gasteiger partial charge in [-0.1, -0.05) is 12.1 Å². The number of urea groups is 1. The van der Waals surface area contributed by atoms with Gasteiger partial charge < -0.3 is 9.64 Å². The molecule has 27 heavy (non-hydrogen) atoms. The summed E-state index contributed by atoms with van der Waals surface area (Å²) in [6.07, 6.45) is -0.849. The summed E-state index contributed by atoms with van der Waals surface area (Å²) in [6.45, 7) is 3.15. The molecule has 0 radical (unpaired) electrons. The van der Waals surface area contributed by atoms with Crippen LogP contribution in [-0.2, 0) is 9.53 Å². The first-order valence-corrected chi connectivity index (χ1v) is 10.00. The maximum absolute atomic E-state index is 13.7. The fourth-order valence-corrected chi connectivity index (χ4v) is 4.63. The van der Waals surface area contributed by atoms with E-state index in [2.05, 4.69) is 10.6 Å². The molecule has 148 valence electrons. The summed E-state index contributed by atoms with van der Waals surface area (Å²) in [4.78, 5) is 27.9. The molecule has 3 rings (SSSR count). The number of carbonyl (C=O) groups excluding carboxylic acids is 2. The van der Waals surface area contributed by atoms with Crippen molar-refractivity contribution in [3.05, 3.63) is 35.6 Å². The third-order valence-electron chi connectivity index (χ3n) is 4.87. The standard InChI is InChI=1S/C18H25FN4O3S/c1-4-26-8-9-27-16-13-15(22(2)18(25)23(3)17(13)24)20-14(21-16)11-6-5-7-12(19)10-11/h5-7,10,13-16,20-21H,4,8-9H2,1-3H3. The molecule has 1 aromatic carbocycles. The van der Waals surface area contributed by atoms with Crippen molar-refractivity contribution in [2.75, 3.05) is 33.1 Å². The molecule has 0 spiro atoms. The van der Waals surface area contributed by atoms with E-state index >= 15 is 0 Å². The Morgan fingerprint density at radius 2 is 2.04 bits per heavy atom. The monoisotopic (exact) mass is 396 g/mol. The molecule has 0 bridgehead atoms. The third-order valence-corrected chi connectivity index (χ3v) is 6.06. The van der Waals surface area contributed by atoms with Crippen molar-refractivity contribution in [1.82, 2.24) is 20.4 Å². The number of nitrogens with one attached hydrogen (secondary N) is 2. The maximum atomic E-state index is 13.7. The van der Waals surface area contributed by atoms with Gasteiger partial charge in [-0.15, -0.1) is 11.8 Å². The van der Waals surface area contributed by atoms with Crippen molar-refractivity contribution in [3.8, 4) is 0 Å². The molecule has 0 saturated carbocycles. The molecule has 4 atom stereocenters. The van der Waals surface area contributed by atoms with Crippen LogP contribution in [-0.4, -0.2) is 66.3 Å². The summed E-state index contributed by atoms with van der Waals surface area (Å²) in [5, 5.41) is 6.46. The van der Waals surface area contributed by atoms with E-state index in [1.807, 2.05) is 13.0 Å². The van der Waals surface area contributed by atoms with Gasteiger partial charge in [0.25, 0.3) is 0 Å². The first-order valence-electron chi connectivity index (χ1n) is 8.95. The molecule has 9 heteroatoms. The minimum Gasteiger partial charge on any atom is -0.381 e. The highest BCUT2D eigenvalue weighted by atomic mass is 32.2. The fourth-order valence-electron chi connectivity index (χ4n) is 3.46. The number of hydrogen-bond acceptors (Lipinski definition) is 6. The van der Waals surface area contributed by atoms with E-state index in [4.69, 9.17) is 4.74 Å². The van der Waals surface area contributed by atoms with Crippen LogP contribution in [0, 0.1) is 11.7 Å². The summed E-state index contributed by atoms with van der Waals surface area (Å²) in [5.74, 6) is -0.300. The highest BCUT2D eigenvalue weighted by molar-refractivity contribution is 7.99. The van der Waals surface area contributed by atoms with Crippen LogP contribution in [0.25, 0.3) is 0 Å². The summed E-state index contributed by atoms with van der Waals surface area (Å²) in [7, 11) is 3.17. The van der Waals surface area contributed by atoms with Crippen LogP contribution in [0.15, 0.2) is 24.3 Å². The van der Waals surface area contributed by atoms with Crippen LogP contribution >= 0.6 is 11.8 Å². The van der Waals surface area contributed by atoms with Gasteiger partial charge >= 0.3 is 6.03 Å². The molecule has 0 aromatic heterocycles. The number of halogens is 1. The van der Waals surface area contributed by atoms with Gasteiger partial charge in [-0.25, -0.2) is 9.18 Å². The number of hydrogen-bond donors (Lipinski definition) is 2. The molecule has 0 aliphatic carbocycles. The predicted octanol–water partition coefficient (Wildman–Crippen LogP) is 1.58. The van der Waals surface area contributed by atoms with Crippen LogP contribution in [0.5, 0.6) is 0 Å². The molecule has 2 aliphatic rings. The van der Waals surface area contributed by atoms with Gasteiger partial charge in [0.15, 0.2) is 0 Å². The van der Waals surface area contributed by atoms with Crippen LogP contribution in [0.1, 0.15) is 18.7 Å². The van der Waals surface area contributed by atoms with Gasteiger partial charge in [-0.2, -0.15) is 0 Å². The quantitative estimate of drug-likeness (QED) is 0.712. The lowest BCUT2D eigenvalue weighted by molar-refractivity contribution is -0.140. The summed E-state index contributed by atoms with van der Waals surface area (Å²) in [6, 6.07) is 5.94. The summed E-state index contributed by atoms with van der Waals surface area (Å²) < 4.78 is 19.1. The minimum atomic E-state index is -0.472. The van der Waals surface area contributed by atoms with E-state index in [0.717, 1.165) is 10.5 Å². The summed E-state index contributed by atoms with van der Waals surface area (Å²) >= 11 is 1.58. The van der Waals surface area contributed by atoms with Gasteiger partial charge in [0.2, 0.25) is 5.91 Å². The number of rotatable bonds is 6. The fraction of sp³-hybridized carbons (Fsp3) is 0.556. The highest BCUT2D eigenvalue weighted by Crippen LogP contribution is 2.34. The van der Waals surface area contributed by atoms with E-state index in [1.54, 1.807) is 24.9 Å². The Labute approximate surface area is 162 Å². The molecule has 2 aliphatic heterocycles. The van der Waals surface area contributed by atoms with Gasteiger partial charge in [0.05, 0.1) is 30.2 Å². The zero-order valence-corrected chi connectivity index (χ0v) is 16.5. The average Bonchev–Trinajstić information content (AvgIpc) is 2.67. The van der Waals surface area contributed by atoms with Crippen LogP contribution in [0.3, 0.4) is 0 Å². The van der Waals surface area contributed by atoms with Gasteiger partial charge in [0, 0.05) is 26.5 Å². The second-order valence-corrected chi connectivity index (χ2v) is 7.82. The molecular formula is C18H25FN4O3S. The molecular weight excluding hydrogens is 371 g/mol. The Morgan fingerprint density at radius 1 is 1.26 bits per heavy atom. The summed E-state index contributed by atoms with van der Waals surface area (Å²) in [5.41, 5.74) is 0.719. The molecule has 4 unspecified atom stereocenters. The van der Waals surface area contributed by atoms with E-state index in [1.165, 1.54) is 24.1 Å². The minimum absolute atomic E-state index is 0.227. The Balaban J connectivity index is 1.85. The number of thioether (sulfide) groups is 1. The van der Waals surface area contributed by atoms with Crippen molar-refractivity contribution in [2.24, 2.45) is 5.92 Å². The molecule has 7 nitrogen and oxygen atoms in total. The topological polar surface area (TPSA) is 73.9 Å². The number of fused-ring (bicyclic) bond motifs is 1. The Morgan fingerprint density at radius 3 is 2.74 bits per heavy atom. The first-order chi connectivity index (χ1) is 12.9. The van der Waals surface area contributed by atoms with Crippen molar-refractivity contribution in [1.29, 1.82) is 0 Å². The first kappa shape index (κ1) is 20.1. The Bertz CT molecular complexity index is 707. The van der Waals surface area contributed by atoms with Gasteiger partial charge in [0.1, 0.15) is 5.82 Å². The van der Waals surface area contributed by atoms with E-state index < -0.39 is 12.1 Å². The van der Waals surface area contributed by atoms with Crippen molar-refractivity contribution in [3.63, 3.8) is 0 Å². The molecule has 2 heterocycles. The lowest BCUT2D eigenvalue weighted by Crippen LogP contribution is -2.72. The second kappa shape index (κ2) is 8.55. The number of carbonyl (C=O) groups is 2. The van der Waals surface area contributed by atoms with Crippen LogP contribution < -0.4 is 10.6 Å². The van der Waals surface area contributed by atoms with E-state index in [-0.39, 0.29) is 29.3 Å². The number of ether oxygens (including phenoxy) is 1. The molecule has 2 fully saturated rings. The number of nitrogens with zero attached hydrogens (tertiary/aromatic N) is 2. The average molecular weight is 396 g/mol. The number of amides is 3. The zero-order valence-electron chi connectivity index (χ0n) is 15.6. The predicted molar refractivity (Wildman–Crippen MR) is 101 cm³/mol. The zero-order chi connectivity index (χ0) is 19.6. The lowest BCUT2D eigenvalue weighted by atomic mass is 9.96. The van der Waals surface area contributed by atoms with Crippen LogP contribution in [0.2, 0.25) is 0 Å². The Hall–Kier alpha value is -1.68. The second-order valence-electron chi connectivity index (χ2n) is 6.57. The lowest BCUT2D eigenvalue weighted by Gasteiger charge is -2.50. The van der Waals surface area contributed by atoms with Crippen molar-refractivity contribution >= 4 is 23.7 Å². The van der Waals surface area contributed by atoms with Gasteiger partial charge in [-0.3, -0.25) is 20.3 Å². The normalized spacial score (nSPS) is 28.4. The Kier molecular flexibility index (Phi) is 6.36. The smallest absolute Gasteiger partial charge is 0.327 e. The third kappa shape index (κ3) is 4.11. The number of benzene rings is 1. The molecule has 3 amide bonds. The van der Waals surface area contributed by atoms with Crippen molar-refractivity contribution in [2.45, 2.75) is 24.6 Å². The highest BCUT2D eigenvalue weighted by Gasteiger charge is 2.50. The SMILES string of the molecule is CCOCCSC1NC(c2cccc(F)c2)NC2C1C(=O)N(C)C(=O)N2C. The molecule has 2 N–H and O–H groups in total. The number of imide groups is 1. The maximum Gasteiger partial charge on any atom is 0.327 e. The van der Waals surface area contributed by atoms with Gasteiger partial charge in [-0.05, 0) is 24.6 Å². The van der Waals surface area contributed by atoms with E-state index in [0.29, 0.717) is 19.0 Å². The molecule has 2 saturated heterocycles. The van der Waals surface area contributed by atoms with Crippen LogP contribution in [0.4, 0.5) is 9.18 Å². The molecule has 1 aromatic rings. The van der Waals surface area contributed by atoms with Crippen molar-refractivity contribution < 1.29 is 18.7 Å². The largest absolute Gasteiger partial charge is 0.381 e.